The predicted molar refractivity (Wildman–Crippen MR) is 56.4 cm³/mol. The standard InChI is InChI=1S/C11H14ClFO/c1-7(14)5-10-4-3-9(8(2)13)6-11(10)12/h3-4,6-8,14H,5H2,1-2H3. The van der Waals surface area contributed by atoms with Crippen molar-refractivity contribution in [3.63, 3.8) is 0 Å². The summed E-state index contributed by atoms with van der Waals surface area (Å²) in [4.78, 5) is 0. The Labute approximate surface area is 88.5 Å². The highest BCUT2D eigenvalue weighted by Gasteiger charge is 2.08. The zero-order valence-corrected chi connectivity index (χ0v) is 9.05. The van der Waals surface area contributed by atoms with E-state index < -0.39 is 12.3 Å². The molecule has 0 spiro atoms. The molecule has 0 saturated heterocycles. The third-order valence-corrected chi connectivity index (χ3v) is 2.40. The normalized spacial score (nSPS) is 15.2. The molecule has 0 amide bonds. The zero-order chi connectivity index (χ0) is 10.7. The molecule has 0 aliphatic rings. The number of hydrogen-bond acceptors (Lipinski definition) is 1. The maximum Gasteiger partial charge on any atom is 0.122 e. The van der Waals surface area contributed by atoms with Gasteiger partial charge in [-0.05, 0) is 37.5 Å². The van der Waals surface area contributed by atoms with Crippen molar-refractivity contribution in [3.05, 3.63) is 34.3 Å². The monoisotopic (exact) mass is 216 g/mol. The van der Waals surface area contributed by atoms with Crippen molar-refractivity contribution < 1.29 is 9.50 Å². The molecule has 0 radical (unpaired) electrons. The number of hydrogen-bond donors (Lipinski definition) is 1. The van der Waals surface area contributed by atoms with Crippen LogP contribution in [0.5, 0.6) is 0 Å². The SMILES string of the molecule is CC(O)Cc1ccc(C(C)F)cc1Cl. The van der Waals surface area contributed by atoms with Crippen LogP contribution in [-0.4, -0.2) is 11.2 Å². The summed E-state index contributed by atoms with van der Waals surface area (Å²) in [5, 5.41) is 9.70. The van der Waals surface area contributed by atoms with Crippen LogP contribution in [0.4, 0.5) is 4.39 Å². The maximum absolute atomic E-state index is 12.9. The number of benzene rings is 1. The summed E-state index contributed by atoms with van der Waals surface area (Å²) >= 11 is 5.94. The first kappa shape index (κ1) is 11.5. The van der Waals surface area contributed by atoms with E-state index in [1.807, 2.05) is 0 Å². The van der Waals surface area contributed by atoms with Crippen molar-refractivity contribution in [2.24, 2.45) is 0 Å². The van der Waals surface area contributed by atoms with Gasteiger partial charge in [0.25, 0.3) is 0 Å². The molecular weight excluding hydrogens is 203 g/mol. The molecule has 0 aliphatic carbocycles. The van der Waals surface area contributed by atoms with Crippen molar-refractivity contribution in [3.8, 4) is 0 Å². The Kier molecular flexibility index (Phi) is 3.90. The number of alkyl halides is 1. The fraction of sp³-hybridized carbons (Fsp3) is 0.455. The summed E-state index contributed by atoms with van der Waals surface area (Å²) in [6.07, 6.45) is -0.936. The molecule has 0 bridgehead atoms. The molecule has 1 N–H and O–H groups in total. The first-order valence-electron chi connectivity index (χ1n) is 4.61. The average molecular weight is 217 g/mol. The fourth-order valence-electron chi connectivity index (χ4n) is 1.29. The van der Waals surface area contributed by atoms with Crippen LogP contribution in [-0.2, 0) is 6.42 Å². The van der Waals surface area contributed by atoms with E-state index in [0.29, 0.717) is 17.0 Å². The molecule has 1 aromatic rings. The van der Waals surface area contributed by atoms with Crippen LogP contribution in [0.1, 0.15) is 31.1 Å². The maximum atomic E-state index is 12.9. The molecule has 0 heterocycles. The molecule has 2 atom stereocenters. The Morgan fingerprint density at radius 2 is 2.07 bits per heavy atom. The highest BCUT2D eigenvalue weighted by molar-refractivity contribution is 6.31. The van der Waals surface area contributed by atoms with Crippen LogP contribution in [0.25, 0.3) is 0 Å². The van der Waals surface area contributed by atoms with Crippen LogP contribution in [0, 0.1) is 0 Å². The summed E-state index contributed by atoms with van der Waals surface area (Å²) < 4.78 is 12.9. The van der Waals surface area contributed by atoms with Gasteiger partial charge < -0.3 is 5.11 Å². The van der Waals surface area contributed by atoms with E-state index in [0.717, 1.165) is 5.56 Å². The van der Waals surface area contributed by atoms with Gasteiger partial charge in [-0.1, -0.05) is 23.7 Å². The Hall–Kier alpha value is -0.600. The summed E-state index contributed by atoms with van der Waals surface area (Å²) in [5.74, 6) is 0. The van der Waals surface area contributed by atoms with Gasteiger partial charge in [-0.2, -0.15) is 0 Å². The Balaban J connectivity index is 2.90. The molecular formula is C11H14ClFO. The topological polar surface area (TPSA) is 20.2 Å². The number of aliphatic hydroxyl groups is 1. The number of aliphatic hydroxyl groups excluding tert-OH is 1. The van der Waals surface area contributed by atoms with Gasteiger partial charge in [0.05, 0.1) is 6.10 Å². The predicted octanol–water partition coefficient (Wildman–Crippen LogP) is 3.29. The van der Waals surface area contributed by atoms with E-state index in [4.69, 9.17) is 11.6 Å². The molecule has 2 unspecified atom stereocenters. The largest absolute Gasteiger partial charge is 0.393 e. The van der Waals surface area contributed by atoms with Crippen molar-refractivity contribution in [2.45, 2.75) is 32.5 Å². The molecule has 14 heavy (non-hydrogen) atoms. The molecule has 78 valence electrons. The molecule has 1 nitrogen and oxygen atoms in total. The second-order valence-electron chi connectivity index (χ2n) is 3.52. The molecule has 1 aromatic carbocycles. The number of rotatable bonds is 3. The molecule has 3 heteroatoms. The summed E-state index contributed by atoms with van der Waals surface area (Å²) in [7, 11) is 0. The van der Waals surface area contributed by atoms with Crippen LogP contribution in [0.2, 0.25) is 5.02 Å². The van der Waals surface area contributed by atoms with Crippen molar-refractivity contribution >= 4 is 11.6 Å². The lowest BCUT2D eigenvalue weighted by Gasteiger charge is -2.09. The highest BCUT2D eigenvalue weighted by Crippen LogP contribution is 2.24. The summed E-state index contributed by atoms with van der Waals surface area (Å²) in [6.45, 7) is 3.17. The van der Waals surface area contributed by atoms with E-state index in [9.17, 15) is 9.50 Å². The lowest BCUT2D eigenvalue weighted by molar-refractivity contribution is 0.195. The lowest BCUT2D eigenvalue weighted by atomic mass is 10.0. The van der Waals surface area contributed by atoms with Gasteiger partial charge in [0.15, 0.2) is 0 Å². The minimum absolute atomic E-state index is 0.429. The quantitative estimate of drug-likeness (QED) is 0.822. The van der Waals surface area contributed by atoms with E-state index in [1.165, 1.54) is 6.92 Å². The minimum atomic E-state index is -1.01. The van der Waals surface area contributed by atoms with Crippen LogP contribution >= 0.6 is 11.6 Å². The Morgan fingerprint density at radius 3 is 2.50 bits per heavy atom. The Bertz CT molecular complexity index is 310. The van der Waals surface area contributed by atoms with Crippen LogP contribution < -0.4 is 0 Å². The van der Waals surface area contributed by atoms with Crippen LogP contribution in [0.15, 0.2) is 18.2 Å². The van der Waals surface area contributed by atoms with E-state index in [-0.39, 0.29) is 0 Å². The van der Waals surface area contributed by atoms with Gasteiger partial charge in [0.2, 0.25) is 0 Å². The minimum Gasteiger partial charge on any atom is -0.393 e. The lowest BCUT2D eigenvalue weighted by Crippen LogP contribution is -2.04. The van der Waals surface area contributed by atoms with Gasteiger partial charge in [0.1, 0.15) is 6.17 Å². The van der Waals surface area contributed by atoms with Gasteiger partial charge in [-0.25, -0.2) is 4.39 Å². The van der Waals surface area contributed by atoms with Crippen molar-refractivity contribution in [1.82, 2.24) is 0 Å². The average Bonchev–Trinajstić information content (AvgIpc) is 2.07. The first-order chi connectivity index (χ1) is 6.50. The molecule has 0 saturated carbocycles. The van der Waals surface area contributed by atoms with Gasteiger partial charge in [-0.3, -0.25) is 0 Å². The van der Waals surface area contributed by atoms with E-state index in [2.05, 4.69) is 0 Å². The summed E-state index contributed by atoms with van der Waals surface area (Å²) in [6, 6.07) is 5.08. The van der Waals surface area contributed by atoms with Gasteiger partial charge in [-0.15, -0.1) is 0 Å². The molecule has 0 fully saturated rings. The van der Waals surface area contributed by atoms with E-state index in [1.54, 1.807) is 25.1 Å². The van der Waals surface area contributed by atoms with Crippen molar-refractivity contribution in [1.29, 1.82) is 0 Å². The number of halogens is 2. The van der Waals surface area contributed by atoms with E-state index >= 15 is 0 Å². The second-order valence-corrected chi connectivity index (χ2v) is 3.93. The molecule has 0 aliphatic heterocycles. The Morgan fingerprint density at radius 1 is 1.43 bits per heavy atom. The molecule has 1 rings (SSSR count). The smallest absolute Gasteiger partial charge is 0.122 e. The van der Waals surface area contributed by atoms with Gasteiger partial charge in [0, 0.05) is 5.02 Å². The molecule has 0 aromatic heterocycles. The van der Waals surface area contributed by atoms with Gasteiger partial charge >= 0.3 is 0 Å². The highest BCUT2D eigenvalue weighted by atomic mass is 35.5. The third-order valence-electron chi connectivity index (χ3n) is 2.05. The second kappa shape index (κ2) is 4.76. The van der Waals surface area contributed by atoms with Crippen molar-refractivity contribution in [2.75, 3.05) is 0 Å². The third kappa shape index (κ3) is 2.96. The summed E-state index contributed by atoms with van der Waals surface area (Å²) in [5.41, 5.74) is 1.43. The fourth-order valence-corrected chi connectivity index (χ4v) is 1.56. The van der Waals surface area contributed by atoms with Crippen LogP contribution in [0.3, 0.4) is 0 Å². The first-order valence-corrected chi connectivity index (χ1v) is 4.99. The zero-order valence-electron chi connectivity index (χ0n) is 8.30.